The van der Waals surface area contributed by atoms with Crippen molar-refractivity contribution >= 4 is 21.9 Å². The monoisotopic (exact) mass is 418 g/mol. The first-order chi connectivity index (χ1) is 12.9. The highest BCUT2D eigenvalue weighted by Crippen LogP contribution is 2.25. The van der Waals surface area contributed by atoms with Crippen LogP contribution >= 0.6 is 0 Å². The van der Waals surface area contributed by atoms with Crippen molar-refractivity contribution in [3.05, 3.63) is 34.4 Å². The summed E-state index contributed by atoms with van der Waals surface area (Å²) in [5, 5.41) is 10.7. The van der Waals surface area contributed by atoms with Crippen molar-refractivity contribution < 1.29 is 31.4 Å². The molecule has 0 bridgehead atoms. The van der Waals surface area contributed by atoms with Crippen LogP contribution in [0.2, 0.25) is 0 Å². The fourth-order valence-corrected chi connectivity index (χ4v) is 3.73. The first-order valence-electron chi connectivity index (χ1n) is 8.69. The maximum atomic E-state index is 14.4. The summed E-state index contributed by atoms with van der Waals surface area (Å²) in [5.74, 6) is 0. The number of carbonyl (C=O) groups is 1. The van der Waals surface area contributed by atoms with E-state index < -0.39 is 39.0 Å². The summed E-state index contributed by atoms with van der Waals surface area (Å²) in [6, 6.07) is 4.12. The first-order valence-corrected chi connectivity index (χ1v) is 10.1. The summed E-state index contributed by atoms with van der Waals surface area (Å²) < 4.78 is 49.5. The Hall–Kier alpha value is -2.27. The number of ether oxygens (including phenoxy) is 1. The Balaban J connectivity index is 2.06. The third kappa shape index (κ3) is 5.86. The van der Waals surface area contributed by atoms with E-state index in [1.165, 1.54) is 4.90 Å². The van der Waals surface area contributed by atoms with Gasteiger partial charge in [-0.3, -0.25) is 14.3 Å². The molecule has 28 heavy (non-hydrogen) atoms. The maximum absolute atomic E-state index is 14.4. The molecule has 0 aliphatic carbocycles. The molecule has 1 aromatic carbocycles. The number of amides is 1. The van der Waals surface area contributed by atoms with Crippen LogP contribution in [0.5, 0.6) is 0 Å². The van der Waals surface area contributed by atoms with Crippen molar-refractivity contribution in [1.29, 1.82) is 0 Å². The van der Waals surface area contributed by atoms with Crippen molar-refractivity contribution in [2.45, 2.75) is 56.4 Å². The minimum absolute atomic E-state index is 0.0351. The topological polar surface area (TPSA) is 116 Å². The Morgan fingerprint density at radius 2 is 1.79 bits per heavy atom. The molecule has 0 saturated carbocycles. The summed E-state index contributed by atoms with van der Waals surface area (Å²) in [7, 11) is -4.32. The normalized spacial score (nSPS) is 21.1. The number of halogens is 1. The molecule has 2 rings (SSSR count). The number of hydrogen-bond acceptors (Lipinski definition) is 7. The molecule has 1 aliphatic rings. The molecule has 1 saturated heterocycles. The minimum atomic E-state index is -4.32. The molecular weight excluding hydrogens is 395 g/mol. The summed E-state index contributed by atoms with van der Waals surface area (Å²) in [6.07, 6.45) is -3.60. The van der Waals surface area contributed by atoms with Crippen molar-refractivity contribution in [1.82, 2.24) is 4.90 Å². The van der Waals surface area contributed by atoms with Crippen molar-refractivity contribution in [3.8, 4) is 0 Å². The molecule has 0 N–H and O–H groups in total. The SMILES string of the molecule is CC(C)(C)OC(=O)N1CC[C@@H](F)[C@H](OS(=O)(=O)c2ccc([N+](=O)[O-])cc2)CC1. The van der Waals surface area contributed by atoms with Crippen LogP contribution < -0.4 is 0 Å². The molecule has 156 valence electrons. The highest BCUT2D eigenvalue weighted by atomic mass is 32.2. The number of rotatable bonds is 4. The molecule has 1 aromatic rings. The molecule has 9 nitrogen and oxygen atoms in total. The van der Waals surface area contributed by atoms with Crippen LogP contribution in [-0.2, 0) is 19.0 Å². The van der Waals surface area contributed by atoms with E-state index >= 15 is 0 Å². The number of carbonyl (C=O) groups excluding carboxylic acids is 1. The molecule has 0 spiro atoms. The Morgan fingerprint density at radius 1 is 1.21 bits per heavy atom. The Labute approximate surface area is 162 Å². The van der Waals surface area contributed by atoms with Gasteiger partial charge in [0.2, 0.25) is 0 Å². The van der Waals surface area contributed by atoms with E-state index in [1.807, 2.05) is 0 Å². The zero-order valence-electron chi connectivity index (χ0n) is 15.8. The zero-order valence-corrected chi connectivity index (χ0v) is 16.6. The Kier molecular flexibility index (Phi) is 6.60. The van der Waals surface area contributed by atoms with Gasteiger partial charge in [-0.15, -0.1) is 0 Å². The summed E-state index contributed by atoms with van der Waals surface area (Å²) in [5.41, 5.74) is -0.974. The molecule has 1 aliphatic heterocycles. The molecule has 1 amide bonds. The number of nitrogens with zero attached hydrogens (tertiary/aromatic N) is 2. The van der Waals surface area contributed by atoms with Crippen LogP contribution in [0.15, 0.2) is 29.2 Å². The number of benzene rings is 1. The van der Waals surface area contributed by atoms with E-state index in [-0.39, 0.29) is 36.5 Å². The fraction of sp³-hybridized carbons (Fsp3) is 0.588. The van der Waals surface area contributed by atoms with E-state index in [0.29, 0.717) is 0 Å². The predicted octanol–water partition coefficient (Wildman–Crippen LogP) is 3.04. The van der Waals surface area contributed by atoms with Gasteiger partial charge in [-0.1, -0.05) is 0 Å². The van der Waals surface area contributed by atoms with E-state index in [9.17, 15) is 27.7 Å². The second-order valence-electron chi connectivity index (χ2n) is 7.40. The van der Waals surface area contributed by atoms with Gasteiger partial charge in [0.05, 0.1) is 9.82 Å². The van der Waals surface area contributed by atoms with Gasteiger partial charge >= 0.3 is 6.09 Å². The van der Waals surface area contributed by atoms with Crippen LogP contribution in [0, 0.1) is 10.1 Å². The van der Waals surface area contributed by atoms with Gasteiger partial charge in [0, 0.05) is 25.2 Å². The van der Waals surface area contributed by atoms with E-state index in [2.05, 4.69) is 0 Å². The highest BCUT2D eigenvalue weighted by Gasteiger charge is 2.34. The fourth-order valence-electron chi connectivity index (χ4n) is 2.61. The molecule has 0 unspecified atom stereocenters. The summed E-state index contributed by atoms with van der Waals surface area (Å²) in [4.78, 5) is 23.2. The number of nitro benzene ring substituents is 1. The predicted molar refractivity (Wildman–Crippen MR) is 97.1 cm³/mol. The number of likely N-dealkylation sites (tertiary alicyclic amines) is 1. The van der Waals surface area contributed by atoms with Crippen molar-refractivity contribution in [3.63, 3.8) is 0 Å². The van der Waals surface area contributed by atoms with Gasteiger partial charge in [-0.2, -0.15) is 8.42 Å². The second-order valence-corrected chi connectivity index (χ2v) is 8.97. The summed E-state index contributed by atoms with van der Waals surface area (Å²) in [6.45, 7) is 5.29. The standard InChI is InChI=1S/C17H23FN2O7S/c1-17(2,3)26-16(21)19-10-8-14(18)15(9-11-19)27-28(24,25)13-6-4-12(5-7-13)20(22)23/h4-7,14-15H,8-11H2,1-3H3/t14-,15-/m1/s1. The van der Waals surface area contributed by atoms with Crippen LogP contribution in [0.3, 0.4) is 0 Å². The first kappa shape index (κ1) is 22.0. The van der Waals surface area contributed by atoms with Crippen LogP contribution in [-0.4, -0.2) is 55.3 Å². The maximum Gasteiger partial charge on any atom is 0.410 e. The lowest BCUT2D eigenvalue weighted by Gasteiger charge is -2.26. The number of alkyl halides is 1. The van der Waals surface area contributed by atoms with Crippen molar-refractivity contribution in [2.75, 3.05) is 13.1 Å². The average molecular weight is 418 g/mol. The minimum Gasteiger partial charge on any atom is -0.444 e. The third-order valence-electron chi connectivity index (χ3n) is 4.00. The molecule has 1 fully saturated rings. The molecule has 1 heterocycles. The summed E-state index contributed by atoms with van der Waals surface area (Å²) >= 11 is 0. The van der Waals surface area contributed by atoms with E-state index in [1.54, 1.807) is 20.8 Å². The van der Waals surface area contributed by atoms with E-state index in [0.717, 1.165) is 24.3 Å². The molecule has 11 heteroatoms. The Bertz CT molecular complexity index is 821. The van der Waals surface area contributed by atoms with Gasteiger partial charge in [-0.25, -0.2) is 9.18 Å². The molecule has 2 atom stereocenters. The quantitative estimate of drug-likeness (QED) is 0.419. The van der Waals surface area contributed by atoms with Gasteiger partial charge in [0.1, 0.15) is 17.9 Å². The second kappa shape index (κ2) is 8.39. The van der Waals surface area contributed by atoms with E-state index in [4.69, 9.17) is 8.92 Å². The van der Waals surface area contributed by atoms with Crippen LogP contribution in [0.1, 0.15) is 33.6 Å². The van der Waals surface area contributed by atoms with Crippen molar-refractivity contribution in [2.24, 2.45) is 0 Å². The smallest absolute Gasteiger partial charge is 0.410 e. The number of hydrogen-bond donors (Lipinski definition) is 0. The Morgan fingerprint density at radius 3 is 2.32 bits per heavy atom. The lowest BCUT2D eigenvalue weighted by atomic mass is 10.1. The van der Waals surface area contributed by atoms with Gasteiger partial charge in [0.15, 0.2) is 0 Å². The third-order valence-corrected chi connectivity index (χ3v) is 5.35. The zero-order chi connectivity index (χ0) is 21.1. The van der Waals surface area contributed by atoms with Gasteiger partial charge in [-0.05, 0) is 45.7 Å². The van der Waals surface area contributed by atoms with Gasteiger partial charge in [0.25, 0.3) is 15.8 Å². The number of nitro groups is 1. The average Bonchev–Trinajstić information content (AvgIpc) is 2.75. The van der Waals surface area contributed by atoms with Gasteiger partial charge < -0.3 is 9.64 Å². The molecule has 0 radical (unpaired) electrons. The lowest BCUT2D eigenvalue weighted by molar-refractivity contribution is -0.384. The molecule has 0 aromatic heterocycles. The largest absolute Gasteiger partial charge is 0.444 e. The van der Waals surface area contributed by atoms with Crippen LogP contribution in [0.4, 0.5) is 14.9 Å². The van der Waals surface area contributed by atoms with Crippen LogP contribution in [0.25, 0.3) is 0 Å². The number of non-ortho nitro benzene ring substituents is 1. The lowest BCUT2D eigenvalue weighted by Crippen LogP contribution is -2.37. The highest BCUT2D eigenvalue weighted by molar-refractivity contribution is 7.86. The molecular formula is C17H23FN2O7S.